The number of para-hydroxylation sites is 1. The standard InChI is InChI=1S/C52H77N15O11S2/c1-27(2)15-37(62-48(72)38(16-28(3)4)64-50(74)41(20-33-23-55-26-59-33)61-45(69)35(53)18-31-21-57-36-12-9-8-11-34(31)36)47(71)63-39(17-29(5)6)49(73)65-40(19-32-22-54-25-58-32)46(70)60-30(7)44(68)66-42(52(75)76)24-79-80-51-43(67(77)78)13-10-14-56-51/h8-13,21-23,27-30,35,37-42,54-59H,14-20,24-26,53H2,1-7H3,(H,60,70)(H,61,69)(H,62,72)(H,63,71)(H,64,74)(H,65,73)(H,66,68)(H,75,76)/t30-,35-,37-,38-,39-,40-,41-,42-/m0/s1. The van der Waals surface area contributed by atoms with E-state index in [0.29, 0.717) is 31.3 Å². The summed E-state index contributed by atoms with van der Waals surface area (Å²) < 4.78 is 0. The van der Waals surface area contributed by atoms with Gasteiger partial charge in [-0.3, -0.25) is 43.7 Å². The highest BCUT2D eigenvalue weighted by molar-refractivity contribution is 8.78. The molecule has 3 aliphatic heterocycles. The first-order chi connectivity index (χ1) is 38.0. The first-order valence-corrected chi connectivity index (χ1v) is 28.9. The van der Waals surface area contributed by atoms with Gasteiger partial charge in [0.1, 0.15) is 42.3 Å². The van der Waals surface area contributed by atoms with E-state index in [4.69, 9.17) is 5.73 Å². The quantitative estimate of drug-likeness (QED) is 0.0268. The largest absolute Gasteiger partial charge is 0.480 e. The molecule has 0 aliphatic carbocycles. The average Bonchev–Trinajstić information content (AvgIpc) is 4.24. The van der Waals surface area contributed by atoms with Crippen molar-refractivity contribution >= 4 is 79.8 Å². The fourth-order valence-corrected chi connectivity index (χ4v) is 11.0. The van der Waals surface area contributed by atoms with E-state index in [1.807, 2.05) is 65.8 Å². The van der Waals surface area contributed by atoms with Gasteiger partial charge in [-0.05, 0) is 72.8 Å². The molecule has 0 bridgehead atoms. The molecular weight excluding hydrogens is 1070 g/mol. The molecule has 0 saturated heterocycles. The second kappa shape index (κ2) is 30.8. The molecule has 0 fully saturated rings. The zero-order valence-corrected chi connectivity index (χ0v) is 47.6. The number of carbonyl (C=O) groups excluding carboxylic acids is 7. The van der Waals surface area contributed by atoms with Crippen LogP contribution in [0.3, 0.4) is 0 Å². The number of rotatable bonds is 32. The summed E-state index contributed by atoms with van der Waals surface area (Å²) in [5.74, 6) is -7.04. The summed E-state index contributed by atoms with van der Waals surface area (Å²) in [6.45, 7) is 13.5. The topological polar surface area (TPSA) is 386 Å². The van der Waals surface area contributed by atoms with Crippen molar-refractivity contribution in [1.29, 1.82) is 0 Å². The number of dihydropyridines is 1. The number of H-pyrrole nitrogens is 1. The highest BCUT2D eigenvalue weighted by atomic mass is 33.1. The van der Waals surface area contributed by atoms with E-state index in [1.165, 1.54) is 13.0 Å². The minimum atomic E-state index is -1.45. The van der Waals surface area contributed by atoms with E-state index < -0.39 is 101 Å². The Morgan fingerprint density at radius 2 is 1.11 bits per heavy atom. The van der Waals surface area contributed by atoms with Crippen LogP contribution in [0, 0.1) is 27.9 Å². The second-order valence-corrected chi connectivity index (χ2v) is 23.3. The summed E-state index contributed by atoms with van der Waals surface area (Å²) >= 11 is 0. The van der Waals surface area contributed by atoms with Crippen LogP contribution in [0.2, 0.25) is 0 Å². The maximum absolute atomic E-state index is 14.4. The van der Waals surface area contributed by atoms with Gasteiger partial charge in [0, 0.05) is 72.1 Å². The van der Waals surface area contributed by atoms with Crippen LogP contribution in [0.25, 0.3) is 10.9 Å². The number of amides is 7. The van der Waals surface area contributed by atoms with Gasteiger partial charge in [-0.25, -0.2) is 4.79 Å². The molecule has 2 aromatic rings. The van der Waals surface area contributed by atoms with Gasteiger partial charge >= 0.3 is 5.97 Å². The number of carboxylic acid groups (broad SMARTS) is 1. The summed E-state index contributed by atoms with van der Waals surface area (Å²) in [6.07, 6.45) is 8.53. The Hall–Kier alpha value is -7.46. The molecule has 16 N–H and O–H groups in total. The lowest BCUT2D eigenvalue weighted by Crippen LogP contribution is -2.60. The predicted molar refractivity (Wildman–Crippen MR) is 304 cm³/mol. The van der Waals surface area contributed by atoms with Gasteiger partial charge in [0.05, 0.1) is 24.3 Å². The molecule has 0 spiro atoms. The maximum Gasteiger partial charge on any atom is 0.327 e. The van der Waals surface area contributed by atoms with Crippen LogP contribution in [-0.2, 0) is 44.8 Å². The monoisotopic (exact) mass is 1150 g/mol. The number of fused-ring (bicyclic) bond motifs is 1. The molecule has 1 aromatic heterocycles. The molecule has 0 unspecified atom stereocenters. The van der Waals surface area contributed by atoms with E-state index in [9.17, 15) is 53.6 Å². The second-order valence-electron chi connectivity index (χ2n) is 21.0. The molecule has 28 heteroatoms. The Morgan fingerprint density at radius 1 is 0.637 bits per heavy atom. The first kappa shape index (κ1) is 63.4. The van der Waals surface area contributed by atoms with Crippen molar-refractivity contribution in [3.8, 4) is 0 Å². The van der Waals surface area contributed by atoms with E-state index in [1.54, 1.807) is 24.7 Å². The van der Waals surface area contributed by atoms with E-state index >= 15 is 0 Å². The van der Waals surface area contributed by atoms with E-state index in [2.05, 4.69) is 68.8 Å². The molecule has 26 nitrogen and oxygen atoms in total. The van der Waals surface area contributed by atoms with Crippen LogP contribution in [-0.4, -0.2) is 136 Å². The van der Waals surface area contributed by atoms with Gasteiger partial charge in [0.15, 0.2) is 5.03 Å². The number of carboxylic acids is 1. The number of nitrogens with zero attached hydrogens (tertiary/aromatic N) is 1. The molecule has 4 heterocycles. The smallest absolute Gasteiger partial charge is 0.327 e. The molecule has 5 rings (SSSR count). The Bertz CT molecular complexity index is 2690. The number of aromatic nitrogens is 1. The van der Waals surface area contributed by atoms with Gasteiger partial charge in [-0.2, -0.15) is 0 Å². The number of nitrogens with one attached hydrogen (secondary N) is 13. The number of hydrogen-bond acceptors (Lipinski definition) is 18. The van der Waals surface area contributed by atoms with Crippen LogP contribution in [0.15, 0.2) is 77.1 Å². The summed E-state index contributed by atoms with van der Waals surface area (Å²) in [5, 5.41) is 56.4. The normalized spacial score (nSPS) is 16.8. The van der Waals surface area contributed by atoms with Gasteiger partial charge < -0.3 is 79.6 Å². The maximum atomic E-state index is 14.4. The lowest BCUT2D eigenvalue weighted by atomic mass is 9.98. The number of hydrogen-bond donors (Lipinski definition) is 15. The number of aliphatic carboxylic acids is 1. The highest BCUT2D eigenvalue weighted by Crippen LogP contribution is 2.32. The number of allylic oxidation sites excluding steroid dienone is 1. The zero-order valence-electron chi connectivity index (χ0n) is 46.0. The van der Waals surface area contributed by atoms with Crippen molar-refractivity contribution in [2.45, 2.75) is 135 Å². The van der Waals surface area contributed by atoms with Crippen LogP contribution in [0.4, 0.5) is 0 Å². The lowest BCUT2D eigenvalue weighted by Gasteiger charge is -2.29. The van der Waals surface area contributed by atoms with Gasteiger partial charge in [0.2, 0.25) is 41.4 Å². The third-order valence-corrected chi connectivity index (χ3v) is 15.2. The lowest BCUT2D eigenvalue weighted by molar-refractivity contribution is -0.420. The Morgan fingerprint density at radius 3 is 1.60 bits per heavy atom. The van der Waals surface area contributed by atoms with Crippen LogP contribution >= 0.6 is 21.6 Å². The Balaban J connectivity index is 1.26. The summed E-state index contributed by atoms with van der Waals surface area (Å²) in [4.78, 5) is 125. The first-order valence-electron chi connectivity index (χ1n) is 26.6. The molecule has 80 heavy (non-hydrogen) atoms. The van der Waals surface area contributed by atoms with E-state index in [0.717, 1.165) is 38.1 Å². The number of nitrogens with two attached hydrogens (primary N) is 1. The van der Waals surface area contributed by atoms with Crippen molar-refractivity contribution in [2.75, 3.05) is 25.6 Å². The van der Waals surface area contributed by atoms with Crippen LogP contribution in [0.1, 0.15) is 86.1 Å². The minimum absolute atomic E-state index is 0.0419. The number of carbonyl (C=O) groups is 8. The summed E-state index contributed by atoms with van der Waals surface area (Å²) in [5.41, 5.74) is 9.13. The number of nitro groups is 1. The summed E-state index contributed by atoms with van der Waals surface area (Å²) in [7, 11) is 1.92. The molecule has 8 atom stereocenters. The van der Waals surface area contributed by atoms with Crippen molar-refractivity contribution in [3.63, 3.8) is 0 Å². The molecule has 3 aliphatic rings. The highest BCUT2D eigenvalue weighted by Gasteiger charge is 2.36. The van der Waals surface area contributed by atoms with Crippen molar-refractivity contribution in [2.24, 2.45) is 23.5 Å². The average molecular weight is 1150 g/mol. The SMILES string of the molecule is CC(C)C[C@H](NC(=O)[C@H](CC(C)C)NC(=O)[C@H](CC(C)C)NC(=O)[C@H](CC1=CNCN1)NC(=O)[C@@H](N)Cc1c[nH]c2ccccc12)C(=O)N[C@@H](CC1=CNCN1)C(=O)N[C@@H](C)C(=O)N[C@@H](CSSC1=C([N+](=O)[O-])C=CCN1)C(=O)O. The third-order valence-electron chi connectivity index (χ3n) is 12.8. The number of benzene rings is 1. The van der Waals surface area contributed by atoms with Crippen molar-refractivity contribution in [1.82, 2.24) is 68.8 Å². The molecule has 438 valence electrons. The molecule has 1 aromatic carbocycles. The molecular formula is C52H77N15O11S2. The van der Waals surface area contributed by atoms with Gasteiger partial charge in [-0.15, -0.1) is 0 Å². The van der Waals surface area contributed by atoms with Crippen LogP contribution < -0.4 is 69.5 Å². The molecule has 0 radical (unpaired) electrons. The Labute approximate surface area is 472 Å². The minimum Gasteiger partial charge on any atom is -0.480 e. The zero-order chi connectivity index (χ0) is 58.6. The molecule has 7 amide bonds. The Kier molecular flexibility index (Phi) is 24.4. The van der Waals surface area contributed by atoms with Crippen LogP contribution in [0.5, 0.6) is 0 Å². The number of aromatic amines is 1. The van der Waals surface area contributed by atoms with E-state index in [-0.39, 0.29) is 72.8 Å². The van der Waals surface area contributed by atoms with Gasteiger partial charge in [-0.1, -0.05) is 76.6 Å². The van der Waals surface area contributed by atoms with Crippen molar-refractivity contribution in [3.05, 3.63) is 92.8 Å². The predicted octanol–water partition coefficient (Wildman–Crippen LogP) is 0.424. The summed E-state index contributed by atoms with van der Waals surface area (Å²) in [6, 6.07) is -2.26. The van der Waals surface area contributed by atoms with Crippen molar-refractivity contribution < 1.29 is 48.4 Å². The molecule has 0 saturated carbocycles. The fourth-order valence-electron chi connectivity index (χ4n) is 8.72. The third kappa shape index (κ3) is 19.7. The van der Waals surface area contributed by atoms with Gasteiger partial charge in [0.25, 0.3) is 5.70 Å². The fraction of sp³-hybridized carbons (Fsp3) is 0.538.